The Morgan fingerprint density at radius 2 is 2.50 bits per heavy atom. The van der Waals surface area contributed by atoms with Crippen LogP contribution in [0.1, 0.15) is 8.44 Å². The number of fused-ring (bicyclic) bond motifs is 1. The Hall–Kier alpha value is -1.72. The van der Waals surface area contributed by atoms with Gasteiger partial charge >= 0.3 is 0 Å². The monoisotopic (exact) mass is 167 g/mol. The maximum absolute atomic E-state index is 11.2. The summed E-state index contributed by atoms with van der Waals surface area (Å²) in [7, 11) is 1.59. The van der Waals surface area contributed by atoms with Gasteiger partial charge in [0, 0.05) is 9.79 Å². The Morgan fingerprint density at radius 3 is 3.25 bits per heavy atom. The number of aryl methyl sites for hydroxylation is 2. The van der Waals surface area contributed by atoms with Gasteiger partial charge in [0.05, 0.1) is 5.69 Å². The SMILES string of the molecule is [2H]C([2H])c1n[nH]c(=O)c2nnn(C)c12. The maximum Gasteiger partial charge on any atom is 0.294 e. The summed E-state index contributed by atoms with van der Waals surface area (Å²) in [5.74, 6) is 0. The first-order valence-corrected chi connectivity index (χ1v) is 3.23. The molecule has 0 unspecified atom stereocenters. The van der Waals surface area contributed by atoms with E-state index in [1.54, 1.807) is 7.05 Å². The van der Waals surface area contributed by atoms with Gasteiger partial charge in [0.15, 0.2) is 5.52 Å². The number of rotatable bonds is 0. The highest BCUT2D eigenvalue weighted by molar-refractivity contribution is 5.74. The average molecular weight is 167 g/mol. The molecule has 2 aromatic rings. The van der Waals surface area contributed by atoms with E-state index in [1.807, 2.05) is 0 Å². The Morgan fingerprint density at radius 1 is 1.67 bits per heavy atom. The summed E-state index contributed by atoms with van der Waals surface area (Å²) in [6, 6.07) is 0. The van der Waals surface area contributed by atoms with Crippen LogP contribution in [-0.4, -0.2) is 25.2 Å². The number of nitrogens with one attached hydrogen (secondary N) is 1. The van der Waals surface area contributed by atoms with Crippen LogP contribution in [-0.2, 0) is 7.05 Å². The normalized spacial score (nSPS) is 13.5. The van der Waals surface area contributed by atoms with Crippen LogP contribution in [0.15, 0.2) is 4.79 Å². The van der Waals surface area contributed by atoms with Crippen LogP contribution < -0.4 is 5.56 Å². The fourth-order valence-electron chi connectivity index (χ4n) is 1.01. The van der Waals surface area contributed by atoms with Crippen LogP contribution in [0.5, 0.6) is 0 Å². The molecule has 0 saturated carbocycles. The molecule has 0 spiro atoms. The molecule has 0 aliphatic heterocycles. The Bertz CT molecular complexity index is 530. The van der Waals surface area contributed by atoms with Crippen molar-refractivity contribution in [2.75, 3.05) is 0 Å². The zero-order chi connectivity index (χ0) is 10.3. The van der Waals surface area contributed by atoms with Gasteiger partial charge < -0.3 is 0 Å². The van der Waals surface area contributed by atoms with E-state index in [4.69, 9.17) is 2.74 Å². The molecule has 0 fully saturated rings. The van der Waals surface area contributed by atoms with Crippen molar-refractivity contribution < 1.29 is 2.74 Å². The summed E-state index contributed by atoms with van der Waals surface area (Å²) in [5.41, 5.74) is 0.135. The van der Waals surface area contributed by atoms with Crippen molar-refractivity contribution in [1.29, 1.82) is 0 Å². The highest BCUT2D eigenvalue weighted by atomic mass is 16.1. The zero-order valence-electron chi connectivity index (χ0n) is 8.27. The van der Waals surface area contributed by atoms with Crippen molar-refractivity contribution in [1.82, 2.24) is 25.2 Å². The molecule has 0 atom stereocenters. The highest BCUT2D eigenvalue weighted by Gasteiger charge is 2.08. The third-order valence-electron chi connectivity index (χ3n) is 1.56. The van der Waals surface area contributed by atoms with Crippen LogP contribution >= 0.6 is 0 Å². The Balaban J connectivity index is 2.92. The predicted octanol–water partition coefficient (Wildman–Crippen LogP) is -0.640. The fraction of sp³-hybridized carbons (Fsp3) is 0.333. The predicted molar refractivity (Wildman–Crippen MR) is 41.7 cm³/mol. The molecular formula is C6H7N5O. The molecule has 0 bridgehead atoms. The van der Waals surface area contributed by atoms with Crippen molar-refractivity contribution in [3.63, 3.8) is 0 Å². The summed E-state index contributed by atoms with van der Waals surface area (Å²) in [5, 5.41) is 13.1. The summed E-state index contributed by atoms with van der Waals surface area (Å²) in [6.45, 7) is -1.27. The lowest BCUT2D eigenvalue weighted by atomic mass is 10.3. The van der Waals surface area contributed by atoms with Gasteiger partial charge in [-0.05, 0) is 6.88 Å². The third kappa shape index (κ3) is 0.744. The summed E-state index contributed by atoms with van der Waals surface area (Å²) in [6.07, 6.45) is 0. The van der Waals surface area contributed by atoms with Gasteiger partial charge in [-0.25, -0.2) is 9.78 Å². The summed E-state index contributed by atoms with van der Waals surface area (Å²) >= 11 is 0. The van der Waals surface area contributed by atoms with E-state index in [-0.39, 0.29) is 11.2 Å². The zero-order valence-corrected chi connectivity index (χ0v) is 6.27. The van der Waals surface area contributed by atoms with Crippen LogP contribution in [0.25, 0.3) is 11.0 Å². The molecule has 0 saturated heterocycles. The molecule has 0 amide bonds. The third-order valence-corrected chi connectivity index (χ3v) is 1.56. The quantitative estimate of drug-likeness (QED) is 0.566. The van der Waals surface area contributed by atoms with Crippen LogP contribution in [0, 0.1) is 6.88 Å². The molecule has 0 aliphatic rings. The molecule has 1 N–H and O–H groups in total. The minimum absolute atomic E-state index is 0.113. The fourth-order valence-corrected chi connectivity index (χ4v) is 1.01. The smallest absolute Gasteiger partial charge is 0.265 e. The van der Waals surface area contributed by atoms with Crippen molar-refractivity contribution >= 4 is 11.0 Å². The van der Waals surface area contributed by atoms with Gasteiger partial charge in [-0.2, -0.15) is 5.10 Å². The second kappa shape index (κ2) is 2.13. The second-order valence-corrected chi connectivity index (χ2v) is 2.35. The van der Waals surface area contributed by atoms with Gasteiger partial charge in [0.25, 0.3) is 5.56 Å². The molecule has 6 nitrogen and oxygen atoms in total. The number of aromatic nitrogens is 5. The Labute approximate surface area is 70.0 Å². The van der Waals surface area contributed by atoms with E-state index in [9.17, 15) is 4.79 Å². The summed E-state index contributed by atoms with van der Waals surface area (Å²) < 4.78 is 15.8. The molecule has 12 heavy (non-hydrogen) atoms. The number of H-pyrrole nitrogens is 1. The van der Waals surface area contributed by atoms with Gasteiger partial charge in [-0.3, -0.25) is 4.79 Å². The Kier molecular flexibility index (Phi) is 0.891. The van der Waals surface area contributed by atoms with Gasteiger partial charge in [0.2, 0.25) is 0 Å². The lowest BCUT2D eigenvalue weighted by molar-refractivity contribution is 0.733. The number of hydrogen-bond acceptors (Lipinski definition) is 4. The summed E-state index contributed by atoms with van der Waals surface area (Å²) in [4.78, 5) is 11.2. The highest BCUT2D eigenvalue weighted by Crippen LogP contribution is 2.05. The van der Waals surface area contributed by atoms with E-state index in [0.29, 0.717) is 5.52 Å². The number of hydrogen-bond donors (Lipinski definition) is 1. The molecule has 0 aliphatic carbocycles. The number of nitrogens with zero attached hydrogens (tertiary/aromatic N) is 4. The van der Waals surface area contributed by atoms with Crippen molar-refractivity contribution in [2.24, 2.45) is 7.05 Å². The van der Waals surface area contributed by atoms with Gasteiger partial charge in [-0.15, -0.1) is 5.10 Å². The van der Waals surface area contributed by atoms with E-state index in [2.05, 4.69) is 20.5 Å². The molecule has 62 valence electrons. The largest absolute Gasteiger partial charge is 0.294 e. The van der Waals surface area contributed by atoms with Crippen molar-refractivity contribution in [3.8, 4) is 0 Å². The molecular weight excluding hydrogens is 158 g/mol. The van der Waals surface area contributed by atoms with Crippen LogP contribution in [0.3, 0.4) is 0 Å². The lowest BCUT2D eigenvalue weighted by Gasteiger charge is -1.93. The first-order valence-electron chi connectivity index (χ1n) is 4.39. The van der Waals surface area contributed by atoms with Gasteiger partial charge in [0.1, 0.15) is 5.52 Å². The van der Waals surface area contributed by atoms with E-state index < -0.39 is 12.4 Å². The first-order chi connectivity index (χ1) is 6.61. The van der Waals surface area contributed by atoms with Crippen LogP contribution in [0.2, 0.25) is 0 Å². The van der Waals surface area contributed by atoms with Crippen LogP contribution in [0.4, 0.5) is 0 Å². The van der Waals surface area contributed by atoms with E-state index in [1.165, 1.54) is 4.68 Å². The van der Waals surface area contributed by atoms with E-state index >= 15 is 0 Å². The molecule has 6 heteroatoms. The molecule has 0 radical (unpaired) electrons. The molecule has 2 aromatic heterocycles. The standard InChI is InChI=1S/C6H7N5O/c1-3-5-4(6(12)9-7-3)8-10-11(5)2/h1-2H3,(H,9,12)/i1D2. The topological polar surface area (TPSA) is 76.5 Å². The number of aromatic amines is 1. The minimum Gasteiger partial charge on any atom is -0.265 e. The second-order valence-electron chi connectivity index (χ2n) is 2.35. The average Bonchev–Trinajstić information content (AvgIpc) is 2.50. The van der Waals surface area contributed by atoms with Gasteiger partial charge in [-0.1, -0.05) is 5.21 Å². The molecule has 0 aromatic carbocycles. The van der Waals surface area contributed by atoms with Crippen molar-refractivity contribution in [2.45, 2.75) is 6.88 Å². The maximum atomic E-state index is 11.2. The first kappa shape index (κ1) is 5.02. The molecule has 2 rings (SSSR count). The molecule has 2 heterocycles. The minimum atomic E-state index is -1.27. The van der Waals surface area contributed by atoms with E-state index in [0.717, 1.165) is 0 Å². The van der Waals surface area contributed by atoms with Crippen molar-refractivity contribution in [3.05, 3.63) is 16.0 Å². The lowest BCUT2D eigenvalue weighted by Crippen LogP contribution is -2.10.